The van der Waals surface area contributed by atoms with Crippen molar-refractivity contribution in [3.8, 4) is 22.8 Å². The standard InChI is InChI=1S/C25H31N3O3S/c1-7-30-21-14-12-20(13-15-21)28-23(18-8-10-19(11-9-18)25(4,5)6)26-27-24(28)32-16-22(29)31-17(2)3/h8-15,17H,7,16H2,1-6H3. The summed E-state index contributed by atoms with van der Waals surface area (Å²) in [7, 11) is 0. The number of hydrogen-bond donors (Lipinski definition) is 0. The molecule has 1 aromatic heterocycles. The Morgan fingerprint density at radius 1 is 1.03 bits per heavy atom. The highest BCUT2D eigenvalue weighted by molar-refractivity contribution is 7.99. The fraction of sp³-hybridized carbons (Fsp3) is 0.400. The topological polar surface area (TPSA) is 66.2 Å². The number of thioether (sulfide) groups is 1. The van der Waals surface area contributed by atoms with Crippen LogP contribution in [0.5, 0.6) is 5.75 Å². The summed E-state index contributed by atoms with van der Waals surface area (Å²) in [6.45, 7) is 12.8. The lowest BCUT2D eigenvalue weighted by atomic mass is 9.87. The first-order valence-electron chi connectivity index (χ1n) is 10.8. The normalized spacial score (nSPS) is 11.6. The summed E-state index contributed by atoms with van der Waals surface area (Å²) in [6, 6.07) is 16.2. The molecule has 6 nitrogen and oxygen atoms in total. The van der Waals surface area contributed by atoms with Gasteiger partial charge in [0.15, 0.2) is 11.0 Å². The maximum absolute atomic E-state index is 12.1. The minimum absolute atomic E-state index is 0.0686. The van der Waals surface area contributed by atoms with Crippen LogP contribution in [0.2, 0.25) is 0 Å². The lowest BCUT2D eigenvalue weighted by Gasteiger charge is -2.19. The Labute approximate surface area is 194 Å². The van der Waals surface area contributed by atoms with E-state index in [-0.39, 0.29) is 23.2 Å². The van der Waals surface area contributed by atoms with Gasteiger partial charge in [0.25, 0.3) is 0 Å². The highest BCUT2D eigenvalue weighted by atomic mass is 32.2. The SMILES string of the molecule is CCOc1ccc(-n2c(SCC(=O)OC(C)C)nnc2-c2ccc(C(C)(C)C)cc2)cc1. The van der Waals surface area contributed by atoms with Gasteiger partial charge in [0, 0.05) is 11.3 Å². The molecule has 3 aromatic rings. The zero-order chi connectivity index (χ0) is 23.3. The molecule has 0 saturated heterocycles. The minimum Gasteiger partial charge on any atom is -0.494 e. The molecule has 0 N–H and O–H groups in total. The van der Waals surface area contributed by atoms with E-state index < -0.39 is 0 Å². The van der Waals surface area contributed by atoms with Crippen LogP contribution in [-0.4, -0.2) is 39.2 Å². The molecule has 0 radical (unpaired) electrons. The molecule has 0 amide bonds. The molecule has 0 aliphatic heterocycles. The Bertz CT molecular complexity index is 1040. The lowest BCUT2D eigenvalue weighted by Crippen LogP contribution is -2.13. The summed E-state index contributed by atoms with van der Waals surface area (Å²) < 4.78 is 12.8. The van der Waals surface area contributed by atoms with Gasteiger partial charge in [-0.25, -0.2) is 0 Å². The zero-order valence-electron chi connectivity index (χ0n) is 19.6. The van der Waals surface area contributed by atoms with E-state index in [0.29, 0.717) is 17.6 Å². The lowest BCUT2D eigenvalue weighted by molar-refractivity contribution is -0.144. The molecular weight excluding hydrogens is 422 g/mol. The Morgan fingerprint density at radius 2 is 1.69 bits per heavy atom. The predicted octanol–water partition coefficient (Wildman–Crippen LogP) is 5.67. The van der Waals surface area contributed by atoms with Crippen molar-refractivity contribution in [2.45, 2.75) is 58.2 Å². The van der Waals surface area contributed by atoms with Gasteiger partial charge in [-0.05, 0) is 56.0 Å². The van der Waals surface area contributed by atoms with E-state index in [9.17, 15) is 4.79 Å². The van der Waals surface area contributed by atoms with E-state index in [2.05, 4.69) is 55.2 Å². The summed E-state index contributed by atoms with van der Waals surface area (Å²) in [4.78, 5) is 12.1. The van der Waals surface area contributed by atoms with Crippen LogP contribution >= 0.6 is 11.8 Å². The molecule has 0 fully saturated rings. The van der Waals surface area contributed by atoms with Gasteiger partial charge in [-0.1, -0.05) is 56.8 Å². The Kier molecular flexibility index (Phi) is 7.61. The fourth-order valence-electron chi connectivity index (χ4n) is 3.18. The van der Waals surface area contributed by atoms with Gasteiger partial charge in [-0.3, -0.25) is 9.36 Å². The van der Waals surface area contributed by atoms with Gasteiger partial charge < -0.3 is 9.47 Å². The third-order valence-corrected chi connectivity index (χ3v) is 5.64. The van der Waals surface area contributed by atoms with Crippen molar-refractivity contribution in [2.24, 2.45) is 0 Å². The van der Waals surface area contributed by atoms with Crippen LogP contribution in [0, 0.1) is 0 Å². The molecule has 0 unspecified atom stereocenters. The number of carbonyl (C=O) groups excluding carboxylic acids is 1. The highest BCUT2D eigenvalue weighted by Crippen LogP contribution is 2.31. The van der Waals surface area contributed by atoms with E-state index in [1.807, 2.05) is 49.6 Å². The van der Waals surface area contributed by atoms with Crippen LogP contribution in [0.4, 0.5) is 0 Å². The van der Waals surface area contributed by atoms with Crippen LogP contribution in [0.25, 0.3) is 17.1 Å². The first kappa shape index (κ1) is 23.9. The maximum atomic E-state index is 12.1. The highest BCUT2D eigenvalue weighted by Gasteiger charge is 2.19. The molecule has 0 atom stereocenters. The van der Waals surface area contributed by atoms with Gasteiger partial charge >= 0.3 is 5.97 Å². The molecule has 170 valence electrons. The van der Waals surface area contributed by atoms with Crippen molar-refractivity contribution in [2.75, 3.05) is 12.4 Å². The number of nitrogens with zero attached hydrogens (tertiary/aromatic N) is 3. The summed E-state index contributed by atoms with van der Waals surface area (Å²) in [6.07, 6.45) is -0.149. The molecule has 0 bridgehead atoms. The Morgan fingerprint density at radius 3 is 2.25 bits per heavy atom. The first-order valence-corrected chi connectivity index (χ1v) is 11.8. The van der Waals surface area contributed by atoms with Crippen LogP contribution in [0.1, 0.15) is 47.1 Å². The van der Waals surface area contributed by atoms with E-state index in [0.717, 1.165) is 17.0 Å². The number of esters is 1. The first-order chi connectivity index (χ1) is 15.2. The van der Waals surface area contributed by atoms with Crippen molar-refractivity contribution in [1.29, 1.82) is 0 Å². The number of ether oxygens (including phenoxy) is 2. The summed E-state index contributed by atoms with van der Waals surface area (Å²) in [5.41, 5.74) is 3.17. The van der Waals surface area contributed by atoms with Gasteiger partial charge in [0.2, 0.25) is 0 Å². The van der Waals surface area contributed by atoms with Gasteiger partial charge in [0.05, 0.1) is 18.5 Å². The Hall–Kier alpha value is -2.80. The quantitative estimate of drug-likeness (QED) is 0.323. The molecule has 0 aliphatic carbocycles. The second-order valence-electron chi connectivity index (χ2n) is 8.72. The number of rotatable bonds is 8. The summed E-state index contributed by atoms with van der Waals surface area (Å²) >= 11 is 1.31. The molecule has 0 spiro atoms. The van der Waals surface area contributed by atoms with E-state index in [4.69, 9.17) is 9.47 Å². The van der Waals surface area contributed by atoms with Gasteiger partial charge in [0.1, 0.15) is 5.75 Å². The average molecular weight is 454 g/mol. The molecule has 7 heteroatoms. The third-order valence-electron chi connectivity index (χ3n) is 4.73. The average Bonchev–Trinajstić information content (AvgIpc) is 3.16. The number of aromatic nitrogens is 3. The molecule has 32 heavy (non-hydrogen) atoms. The van der Waals surface area contributed by atoms with Crippen molar-refractivity contribution in [3.05, 3.63) is 54.1 Å². The molecule has 2 aromatic carbocycles. The molecular formula is C25H31N3O3S. The van der Waals surface area contributed by atoms with Crippen molar-refractivity contribution in [3.63, 3.8) is 0 Å². The molecule has 3 rings (SSSR count). The maximum Gasteiger partial charge on any atom is 0.316 e. The van der Waals surface area contributed by atoms with Gasteiger partial charge in [-0.2, -0.15) is 0 Å². The second kappa shape index (κ2) is 10.2. The summed E-state index contributed by atoms with van der Waals surface area (Å²) in [5, 5.41) is 9.48. The minimum atomic E-state index is -0.276. The van der Waals surface area contributed by atoms with Crippen LogP contribution in [0.3, 0.4) is 0 Å². The van der Waals surface area contributed by atoms with E-state index in [1.54, 1.807) is 0 Å². The Balaban J connectivity index is 1.98. The fourth-order valence-corrected chi connectivity index (χ4v) is 3.92. The van der Waals surface area contributed by atoms with Crippen molar-refractivity contribution in [1.82, 2.24) is 14.8 Å². The third kappa shape index (κ3) is 5.91. The molecule has 0 saturated carbocycles. The smallest absolute Gasteiger partial charge is 0.316 e. The predicted molar refractivity (Wildman–Crippen MR) is 129 cm³/mol. The second-order valence-corrected chi connectivity index (χ2v) is 9.67. The van der Waals surface area contributed by atoms with E-state index in [1.165, 1.54) is 17.3 Å². The van der Waals surface area contributed by atoms with Crippen LogP contribution in [-0.2, 0) is 14.9 Å². The molecule has 0 aliphatic rings. The molecule has 1 heterocycles. The number of carbonyl (C=O) groups is 1. The summed E-state index contributed by atoms with van der Waals surface area (Å²) in [5.74, 6) is 1.41. The van der Waals surface area contributed by atoms with Crippen LogP contribution < -0.4 is 4.74 Å². The number of benzene rings is 2. The van der Waals surface area contributed by atoms with Crippen molar-refractivity contribution >= 4 is 17.7 Å². The van der Waals surface area contributed by atoms with Crippen LogP contribution in [0.15, 0.2) is 53.7 Å². The van der Waals surface area contributed by atoms with Gasteiger partial charge in [-0.15, -0.1) is 10.2 Å². The van der Waals surface area contributed by atoms with Crippen molar-refractivity contribution < 1.29 is 14.3 Å². The monoisotopic (exact) mass is 453 g/mol. The zero-order valence-corrected chi connectivity index (χ0v) is 20.4. The largest absolute Gasteiger partial charge is 0.494 e. The van der Waals surface area contributed by atoms with E-state index >= 15 is 0 Å². The number of hydrogen-bond acceptors (Lipinski definition) is 6.